The summed E-state index contributed by atoms with van der Waals surface area (Å²) in [5, 5.41) is 0. The minimum absolute atomic E-state index is 0.0821. The van der Waals surface area contributed by atoms with Crippen LogP contribution in [0.5, 0.6) is 0 Å². The van der Waals surface area contributed by atoms with Crippen LogP contribution in [0.15, 0.2) is 111 Å². The van der Waals surface area contributed by atoms with E-state index < -0.39 is 0 Å². The molecule has 1 saturated carbocycles. The maximum Gasteiger partial charge on any atom is 0.195 e. The first-order chi connectivity index (χ1) is 18.5. The normalized spacial score (nSPS) is 19.4. The largest absolute Gasteiger partial charge is 0.289 e. The molecule has 2 aliphatic rings. The maximum atomic E-state index is 13.8. The second kappa shape index (κ2) is 11.8. The van der Waals surface area contributed by atoms with Crippen molar-refractivity contribution in [1.29, 1.82) is 0 Å². The Labute approximate surface area is 234 Å². The van der Waals surface area contributed by atoms with E-state index in [4.69, 9.17) is 0 Å². The molecular weight excluding hydrogens is 505 g/mol. The third-order valence-corrected chi connectivity index (χ3v) is 9.53. The molecule has 0 amide bonds. The second-order valence-corrected chi connectivity index (χ2v) is 12.5. The number of rotatable bonds is 7. The molecule has 0 aliphatic heterocycles. The minimum atomic E-state index is -0.0866. The van der Waals surface area contributed by atoms with E-state index in [1.165, 1.54) is 43.0 Å². The zero-order chi connectivity index (χ0) is 26.6. The molecule has 5 rings (SSSR count). The quantitative estimate of drug-likeness (QED) is 0.174. The summed E-state index contributed by atoms with van der Waals surface area (Å²) >= 11 is 3.07. The molecule has 0 radical (unpaired) electrons. The monoisotopic (exact) mass is 536 g/mol. The zero-order valence-electron chi connectivity index (χ0n) is 21.9. The topological polar surface area (TPSA) is 34.1 Å². The average Bonchev–Trinajstić information content (AvgIpc) is 2.93. The van der Waals surface area contributed by atoms with Gasteiger partial charge in [0.15, 0.2) is 11.6 Å². The van der Waals surface area contributed by atoms with Crippen molar-refractivity contribution in [3.63, 3.8) is 0 Å². The molecule has 0 heterocycles. The zero-order valence-corrected chi connectivity index (χ0v) is 23.5. The summed E-state index contributed by atoms with van der Waals surface area (Å²) in [5.74, 6) is 1.32. The van der Waals surface area contributed by atoms with Crippen LogP contribution in [0.1, 0.15) is 82.9 Å². The van der Waals surface area contributed by atoms with Gasteiger partial charge in [0.1, 0.15) is 0 Å². The Morgan fingerprint density at radius 3 is 2.05 bits per heavy atom. The van der Waals surface area contributed by atoms with Crippen LogP contribution in [0.25, 0.3) is 0 Å². The Bertz CT molecular complexity index is 1440. The first-order valence-electron chi connectivity index (χ1n) is 13.2. The molecule has 0 atom stereocenters. The molecule has 192 valence electrons. The third-order valence-electron chi connectivity index (χ3n) is 7.44. The number of thioether (sulfide) groups is 1. The lowest BCUT2D eigenvalue weighted by molar-refractivity contribution is 0.0974. The van der Waals surface area contributed by atoms with Crippen LogP contribution in [-0.2, 0) is 0 Å². The van der Waals surface area contributed by atoms with Crippen LogP contribution in [0, 0.1) is 5.92 Å². The molecule has 1 fully saturated rings. The molecule has 38 heavy (non-hydrogen) atoms. The SMILES string of the molecule is C=C/C=C\C=C(/C)Sc1cccc2c1C(=O)c1cccc(Sc3ccc(C4CCC(C)CC4)cc3)c1C2=O. The molecule has 0 aromatic heterocycles. The number of carbonyl (C=O) groups excluding carboxylic acids is 2. The summed E-state index contributed by atoms with van der Waals surface area (Å²) in [4.78, 5) is 31.3. The first-order valence-corrected chi connectivity index (χ1v) is 14.9. The number of fused-ring (bicyclic) bond motifs is 2. The predicted molar refractivity (Wildman–Crippen MR) is 160 cm³/mol. The molecule has 0 unspecified atom stereocenters. The van der Waals surface area contributed by atoms with Gasteiger partial charge in [-0.25, -0.2) is 0 Å². The Hall–Kier alpha value is -3.08. The number of ketones is 2. The van der Waals surface area contributed by atoms with Gasteiger partial charge in [0, 0.05) is 36.9 Å². The standard InChI is InChI=1S/C34H32O2S2/c1-4-5-6-9-23(3)37-29-12-7-10-27-31(29)33(35)28-11-8-13-30(32(28)34(27)36)38-26-20-18-25(19-21-26)24-16-14-22(2)15-17-24/h4-13,18-22,24H,1,14-17H2,2-3H3/b6-5-,23-9+. The molecule has 2 nitrogen and oxygen atoms in total. The van der Waals surface area contributed by atoms with Crippen molar-refractivity contribution in [2.45, 2.75) is 60.1 Å². The second-order valence-electron chi connectivity index (χ2n) is 10.1. The Morgan fingerprint density at radius 1 is 0.816 bits per heavy atom. The maximum absolute atomic E-state index is 13.8. The number of benzene rings is 3. The average molecular weight is 537 g/mol. The van der Waals surface area contributed by atoms with Crippen molar-refractivity contribution in [2.24, 2.45) is 5.92 Å². The van der Waals surface area contributed by atoms with E-state index in [2.05, 4.69) is 37.8 Å². The highest BCUT2D eigenvalue weighted by molar-refractivity contribution is 8.03. The number of allylic oxidation sites excluding steroid dienone is 5. The molecule has 2 aliphatic carbocycles. The summed E-state index contributed by atoms with van der Waals surface area (Å²) in [5.41, 5.74) is 3.40. The Morgan fingerprint density at radius 2 is 1.42 bits per heavy atom. The lowest BCUT2D eigenvalue weighted by Crippen LogP contribution is -2.22. The van der Waals surface area contributed by atoms with Crippen molar-refractivity contribution in [1.82, 2.24) is 0 Å². The van der Waals surface area contributed by atoms with Crippen LogP contribution in [0.2, 0.25) is 0 Å². The van der Waals surface area contributed by atoms with Gasteiger partial charge in [0.2, 0.25) is 0 Å². The fourth-order valence-corrected chi connectivity index (χ4v) is 7.28. The molecular formula is C34H32O2S2. The van der Waals surface area contributed by atoms with Crippen molar-refractivity contribution in [3.05, 3.63) is 124 Å². The summed E-state index contributed by atoms with van der Waals surface area (Å²) in [6.07, 6.45) is 12.6. The van der Waals surface area contributed by atoms with E-state index in [-0.39, 0.29) is 11.6 Å². The van der Waals surface area contributed by atoms with Crippen molar-refractivity contribution >= 4 is 35.1 Å². The van der Waals surface area contributed by atoms with Gasteiger partial charge in [-0.3, -0.25) is 9.59 Å². The van der Waals surface area contributed by atoms with Gasteiger partial charge in [-0.15, -0.1) is 0 Å². The molecule has 4 heteroatoms. The number of hydrogen-bond donors (Lipinski definition) is 0. The molecule has 0 N–H and O–H groups in total. The lowest BCUT2D eigenvalue weighted by Gasteiger charge is -2.26. The van der Waals surface area contributed by atoms with E-state index in [1.807, 2.05) is 49.4 Å². The molecule has 0 bridgehead atoms. The summed E-state index contributed by atoms with van der Waals surface area (Å²) in [6.45, 7) is 8.04. The number of hydrogen-bond acceptors (Lipinski definition) is 4. The summed E-state index contributed by atoms with van der Waals surface area (Å²) in [7, 11) is 0. The van der Waals surface area contributed by atoms with Gasteiger partial charge < -0.3 is 0 Å². The van der Waals surface area contributed by atoms with Crippen molar-refractivity contribution in [3.8, 4) is 0 Å². The van der Waals surface area contributed by atoms with E-state index >= 15 is 0 Å². The molecule has 3 aromatic rings. The van der Waals surface area contributed by atoms with E-state index in [0.717, 1.165) is 25.5 Å². The summed E-state index contributed by atoms with van der Waals surface area (Å²) in [6, 6.07) is 20.0. The van der Waals surface area contributed by atoms with Crippen LogP contribution >= 0.6 is 23.5 Å². The van der Waals surface area contributed by atoms with Gasteiger partial charge in [-0.1, -0.05) is 111 Å². The Balaban J connectivity index is 1.42. The third kappa shape index (κ3) is 5.52. The molecule has 0 spiro atoms. The highest BCUT2D eigenvalue weighted by Gasteiger charge is 2.33. The van der Waals surface area contributed by atoms with Gasteiger partial charge in [0.25, 0.3) is 0 Å². The van der Waals surface area contributed by atoms with E-state index in [9.17, 15) is 9.59 Å². The predicted octanol–water partition coefficient (Wildman–Crippen LogP) is 9.64. The van der Waals surface area contributed by atoms with Gasteiger partial charge in [-0.05, 0) is 66.3 Å². The van der Waals surface area contributed by atoms with Crippen LogP contribution in [0.4, 0.5) is 0 Å². The lowest BCUT2D eigenvalue weighted by atomic mass is 9.79. The minimum Gasteiger partial charge on any atom is -0.289 e. The van der Waals surface area contributed by atoms with Crippen molar-refractivity contribution in [2.75, 3.05) is 0 Å². The first kappa shape index (κ1) is 26.5. The molecule has 0 saturated heterocycles. The summed E-state index contributed by atoms with van der Waals surface area (Å²) < 4.78 is 0. The van der Waals surface area contributed by atoms with Crippen LogP contribution in [0.3, 0.4) is 0 Å². The fourth-order valence-electron chi connectivity index (χ4n) is 5.35. The Kier molecular flexibility index (Phi) is 8.21. The van der Waals surface area contributed by atoms with Gasteiger partial charge in [-0.2, -0.15) is 0 Å². The van der Waals surface area contributed by atoms with E-state index in [0.29, 0.717) is 28.2 Å². The van der Waals surface area contributed by atoms with Crippen molar-refractivity contribution < 1.29 is 9.59 Å². The highest BCUT2D eigenvalue weighted by atomic mass is 32.2. The fraction of sp³-hybridized carbons (Fsp3) is 0.235. The highest BCUT2D eigenvalue weighted by Crippen LogP contribution is 2.42. The van der Waals surface area contributed by atoms with Crippen LogP contribution < -0.4 is 0 Å². The van der Waals surface area contributed by atoms with Gasteiger partial charge in [0.05, 0.1) is 0 Å². The van der Waals surface area contributed by atoms with E-state index in [1.54, 1.807) is 30.0 Å². The number of carbonyl (C=O) groups is 2. The molecule has 3 aromatic carbocycles. The van der Waals surface area contributed by atoms with Crippen LogP contribution in [-0.4, -0.2) is 11.6 Å². The van der Waals surface area contributed by atoms with Gasteiger partial charge >= 0.3 is 0 Å². The smallest absolute Gasteiger partial charge is 0.195 e.